The third-order valence-corrected chi connectivity index (χ3v) is 4.58. The predicted molar refractivity (Wildman–Crippen MR) is 77.4 cm³/mol. The van der Waals surface area contributed by atoms with Crippen molar-refractivity contribution in [1.29, 1.82) is 0 Å². The molecule has 1 N–H and O–H groups in total. The molecule has 1 heterocycles. The molecular formula is C16H23NO3. The number of carbonyl (C=O) groups excluding carboxylic acids is 1. The zero-order chi connectivity index (χ0) is 15.2. The van der Waals surface area contributed by atoms with E-state index in [-0.39, 0.29) is 5.41 Å². The number of benzene rings is 1. The molecule has 1 amide bonds. The minimum absolute atomic E-state index is 0.217. The molecule has 1 aliphatic rings. The van der Waals surface area contributed by atoms with E-state index in [4.69, 9.17) is 4.74 Å². The molecule has 2 rings (SSSR count). The van der Waals surface area contributed by atoms with Crippen LogP contribution >= 0.6 is 0 Å². The van der Waals surface area contributed by atoms with Crippen molar-refractivity contribution in [3.05, 3.63) is 35.9 Å². The van der Waals surface area contributed by atoms with Crippen LogP contribution in [-0.2, 0) is 10.2 Å². The van der Waals surface area contributed by atoms with Gasteiger partial charge in [0.25, 0.3) is 0 Å². The molecule has 0 aromatic heterocycles. The lowest BCUT2D eigenvalue weighted by atomic mass is 9.73. The summed E-state index contributed by atoms with van der Waals surface area (Å²) in [5, 5.41) is 10.6. The van der Waals surface area contributed by atoms with Crippen molar-refractivity contribution in [2.75, 3.05) is 7.05 Å². The monoisotopic (exact) mass is 277 g/mol. The molecule has 0 spiro atoms. The molecule has 0 aliphatic carbocycles. The van der Waals surface area contributed by atoms with E-state index in [2.05, 4.69) is 26.0 Å². The molecule has 1 aromatic rings. The van der Waals surface area contributed by atoms with Gasteiger partial charge in [-0.2, -0.15) is 0 Å². The van der Waals surface area contributed by atoms with Crippen LogP contribution in [0, 0.1) is 0 Å². The maximum atomic E-state index is 11.8. The second-order valence-corrected chi connectivity index (χ2v) is 6.61. The Morgan fingerprint density at radius 1 is 1.25 bits per heavy atom. The van der Waals surface area contributed by atoms with Crippen LogP contribution in [0.1, 0.15) is 39.7 Å². The van der Waals surface area contributed by atoms with E-state index >= 15 is 0 Å². The topological polar surface area (TPSA) is 49.8 Å². The highest BCUT2D eigenvalue weighted by molar-refractivity contribution is 5.71. The fraction of sp³-hybridized carbons (Fsp3) is 0.562. The van der Waals surface area contributed by atoms with Crippen LogP contribution in [0.3, 0.4) is 0 Å². The van der Waals surface area contributed by atoms with Crippen LogP contribution in [0.25, 0.3) is 0 Å². The highest BCUT2D eigenvalue weighted by Gasteiger charge is 2.59. The maximum absolute atomic E-state index is 11.8. The van der Waals surface area contributed by atoms with E-state index in [1.54, 1.807) is 20.9 Å². The summed E-state index contributed by atoms with van der Waals surface area (Å²) in [6, 6.07) is 10.1. The molecule has 0 radical (unpaired) electrons. The van der Waals surface area contributed by atoms with Crippen LogP contribution in [0.4, 0.5) is 4.79 Å². The number of nitrogens with zero attached hydrogens (tertiary/aromatic N) is 1. The van der Waals surface area contributed by atoms with Gasteiger partial charge in [0.1, 0.15) is 0 Å². The van der Waals surface area contributed by atoms with Gasteiger partial charge in [0, 0.05) is 13.5 Å². The molecular weight excluding hydrogens is 254 g/mol. The first kappa shape index (κ1) is 14.9. The lowest BCUT2D eigenvalue weighted by molar-refractivity contribution is -0.140. The van der Waals surface area contributed by atoms with E-state index in [9.17, 15) is 9.90 Å². The van der Waals surface area contributed by atoms with E-state index < -0.39 is 17.4 Å². The average Bonchev–Trinajstić information content (AvgIpc) is 2.50. The molecule has 0 saturated carbocycles. The highest BCUT2D eigenvalue weighted by Crippen LogP contribution is 2.44. The summed E-state index contributed by atoms with van der Waals surface area (Å²) in [7, 11) is 1.56. The third kappa shape index (κ3) is 2.18. The molecule has 0 bridgehead atoms. The molecule has 110 valence electrons. The van der Waals surface area contributed by atoms with Crippen LogP contribution in [0.2, 0.25) is 0 Å². The summed E-state index contributed by atoms with van der Waals surface area (Å²) < 4.78 is 5.47. The number of hydrogen-bond donors (Lipinski definition) is 1. The number of rotatable bonds is 3. The molecule has 1 aliphatic heterocycles. The summed E-state index contributed by atoms with van der Waals surface area (Å²) in [4.78, 5) is 13.0. The van der Waals surface area contributed by atoms with Crippen molar-refractivity contribution >= 4 is 6.09 Å². The Balaban J connectivity index is 2.31. The Kier molecular flexibility index (Phi) is 3.33. The largest absolute Gasteiger partial charge is 0.438 e. The van der Waals surface area contributed by atoms with Gasteiger partial charge in [0.2, 0.25) is 0 Å². The second-order valence-electron chi connectivity index (χ2n) is 6.61. The fourth-order valence-corrected chi connectivity index (χ4v) is 2.93. The zero-order valence-electron chi connectivity index (χ0n) is 12.8. The molecule has 4 heteroatoms. The first-order valence-electron chi connectivity index (χ1n) is 6.85. The van der Waals surface area contributed by atoms with E-state index in [0.29, 0.717) is 6.42 Å². The minimum Gasteiger partial charge on any atom is -0.438 e. The predicted octanol–water partition coefficient (Wildman–Crippen LogP) is 2.90. The number of likely N-dealkylation sites (N-methyl/N-ethyl adjacent to an activating group) is 1. The summed E-state index contributed by atoms with van der Waals surface area (Å²) >= 11 is 0. The number of ether oxygens (including phenoxy) is 1. The van der Waals surface area contributed by atoms with Crippen molar-refractivity contribution in [1.82, 2.24) is 4.90 Å². The van der Waals surface area contributed by atoms with Crippen molar-refractivity contribution < 1.29 is 14.6 Å². The SMILES string of the molecule is CN1C(=O)OC(C)(CC(C)(C)c2ccccc2)C1(C)O. The molecule has 1 aromatic carbocycles. The van der Waals surface area contributed by atoms with Crippen molar-refractivity contribution in [3.8, 4) is 0 Å². The number of carbonyl (C=O) groups is 1. The summed E-state index contributed by atoms with van der Waals surface area (Å²) in [6.45, 7) is 7.60. The Labute approximate surface area is 120 Å². The Bertz CT molecular complexity index is 510. The van der Waals surface area contributed by atoms with Crippen molar-refractivity contribution in [3.63, 3.8) is 0 Å². The molecule has 2 atom stereocenters. The normalized spacial score (nSPS) is 30.5. The highest BCUT2D eigenvalue weighted by atomic mass is 16.6. The Morgan fingerprint density at radius 3 is 2.25 bits per heavy atom. The van der Waals surface area contributed by atoms with Gasteiger partial charge in [0.05, 0.1) is 0 Å². The quantitative estimate of drug-likeness (QED) is 0.924. The number of aliphatic hydroxyl groups is 1. The zero-order valence-corrected chi connectivity index (χ0v) is 12.8. The summed E-state index contributed by atoms with van der Waals surface area (Å²) in [5.41, 5.74) is -1.33. The van der Waals surface area contributed by atoms with Gasteiger partial charge in [-0.15, -0.1) is 0 Å². The van der Waals surface area contributed by atoms with Gasteiger partial charge in [-0.25, -0.2) is 4.79 Å². The fourth-order valence-electron chi connectivity index (χ4n) is 2.93. The van der Waals surface area contributed by atoms with E-state index in [1.807, 2.05) is 18.2 Å². The van der Waals surface area contributed by atoms with Gasteiger partial charge < -0.3 is 9.84 Å². The second kappa shape index (κ2) is 4.48. The minimum atomic E-state index is -1.32. The number of cyclic esters (lactones) is 1. The molecule has 2 unspecified atom stereocenters. The van der Waals surface area contributed by atoms with Crippen molar-refractivity contribution in [2.45, 2.75) is 50.9 Å². The lowest BCUT2D eigenvalue weighted by Gasteiger charge is -2.41. The van der Waals surface area contributed by atoms with Crippen LogP contribution < -0.4 is 0 Å². The van der Waals surface area contributed by atoms with Gasteiger partial charge in [-0.1, -0.05) is 44.2 Å². The molecule has 1 fully saturated rings. The van der Waals surface area contributed by atoms with Gasteiger partial charge in [-0.05, 0) is 24.8 Å². The third-order valence-electron chi connectivity index (χ3n) is 4.58. The standard InChI is InChI=1S/C16H23NO3/c1-14(2,12-9-7-6-8-10-12)11-15(3)16(4,19)17(5)13(18)20-15/h6-10,19H,11H2,1-5H3. The molecule has 20 heavy (non-hydrogen) atoms. The number of hydrogen-bond acceptors (Lipinski definition) is 3. The van der Waals surface area contributed by atoms with Crippen LogP contribution in [0.15, 0.2) is 30.3 Å². The number of amides is 1. The molecule has 1 saturated heterocycles. The van der Waals surface area contributed by atoms with Gasteiger partial charge in [-0.3, -0.25) is 4.90 Å². The maximum Gasteiger partial charge on any atom is 0.412 e. The first-order chi connectivity index (χ1) is 9.10. The van der Waals surface area contributed by atoms with Gasteiger partial charge >= 0.3 is 6.09 Å². The summed E-state index contributed by atoms with van der Waals surface area (Å²) in [5.74, 6) is 0. The Hall–Kier alpha value is -1.55. The van der Waals surface area contributed by atoms with Crippen LogP contribution in [-0.4, -0.2) is 34.5 Å². The first-order valence-corrected chi connectivity index (χ1v) is 6.85. The Morgan fingerprint density at radius 2 is 1.80 bits per heavy atom. The smallest absolute Gasteiger partial charge is 0.412 e. The summed E-state index contributed by atoms with van der Waals surface area (Å²) in [6.07, 6.45) is 0.0500. The van der Waals surface area contributed by atoms with Crippen molar-refractivity contribution in [2.24, 2.45) is 0 Å². The average molecular weight is 277 g/mol. The van der Waals surface area contributed by atoms with Gasteiger partial charge in [0.15, 0.2) is 11.3 Å². The van der Waals surface area contributed by atoms with E-state index in [1.165, 1.54) is 4.90 Å². The lowest BCUT2D eigenvalue weighted by Crippen LogP contribution is -2.55. The van der Waals surface area contributed by atoms with Crippen LogP contribution in [0.5, 0.6) is 0 Å². The molecule has 4 nitrogen and oxygen atoms in total. The van der Waals surface area contributed by atoms with E-state index in [0.717, 1.165) is 5.56 Å².